The molecule has 0 aliphatic heterocycles. The third-order valence-corrected chi connectivity index (χ3v) is 6.14. The highest BCUT2D eigenvalue weighted by molar-refractivity contribution is 5.79. The smallest absolute Gasteiger partial charge is 0.407 e. The van der Waals surface area contributed by atoms with Crippen molar-refractivity contribution in [1.29, 1.82) is 0 Å². The van der Waals surface area contributed by atoms with Gasteiger partial charge in [-0.3, -0.25) is 0 Å². The van der Waals surface area contributed by atoms with Gasteiger partial charge in [-0.25, -0.2) is 4.79 Å². The molecule has 172 valence electrons. The van der Waals surface area contributed by atoms with Crippen molar-refractivity contribution in [1.82, 2.24) is 5.32 Å². The zero-order valence-electron chi connectivity index (χ0n) is 18.5. The fourth-order valence-electron chi connectivity index (χ4n) is 4.45. The number of carbonyl (C=O) groups is 1. The maximum absolute atomic E-state index is 12.3. The molecule has 2 unspecified atom stereocenters. The molecule has 6 heteroatoms. The summed E-state index contributed by atoms with van der Waals surface area (Å²) in [5.74, 6) is -0.00337. The van der Waals surface area contributed by atoms with Gasteiger partial charge in [-0.1, -0.05) is 72.8 Å². The van der Waals surface area contributed by atoms with Crippen molar-refractivity contribution in [3.8, 4) is 11.1 Å². The van der Waals surface area contributed by atoms with Gasteiger partial charge in [-0.2, -0.15) is 0 Å². The predicted molar refractivity (Wildman–Crippen MR) is 128 cm³/mol. The van der Waals surface area contributed by atoms with Gasteiger partial charge in [0.05, 0.1) is 6.10 Å². The molecule has 0 saturated heterocycles. The number of hydrogen-bond acceptors (Lipinski definition) is 5. The Hall–Kier alpha value is -3.19. The zero-order chi connectivity index (χ0) is 23.2. The molecular weight excluding hydrogens is 416 g/mol. The van der Waals surface area contributed by atoms with Gasteiger partial charge in [-0.05, 0) is 52.8 Å². The van der Waals surface area contributed by atoms with Crippen LogP contribution in [-0.2, 0) is 11.2 Å². The lowest BCUT2D eigenvalue weighted by molar-refractivity contribution is 0.0136. The van der Waals surface area contributed by atoms with Crippen LogP contribution in [0.15, 0.2) is 72.8 Å². The summed E-state index contributed by atoms with van der Waals surface area (Å²) < 4.78 is 5.50. The zero-order valence-corrected chi connectivity index (χ0v) is 18.5. The van der Waals surface area contributed by atoms with Crippen molar-refractivity contribution in [3.05, 3.63) is 95.1 Å². The first-order valence-corrected chi connectivity index (χ1v) is 11.3. The second kappa shape index (κ2) is 10.6. The fraction of sp³-hybridized carbons (Fsp3) is 0.296. The molecule has 0 saturated carbocycles. The monoisotopic (exact) mass is 446 g/mol. The van der Waals surface area contributed by atoms with E-state index in [0.717, 1.165) is 16.7 Å². The number of alkyl carbamates (subject to hydrolysis) is 1. The normalized spacial score (nSPS) is 14.3. The first-order valence-electron chi connectivity index (χ1n) is 11.3. The standard InChI is InChI=1S/C27H30N2O4/c28-14-12-18-6-5-7-19(16-18)26(31)25(30)13-15-29-27(32)33-17-24-22-10-3-1-8-20(22)21-9-2-4-11-23(21)24/h1-11,16,24-26,30-31H,12-15,17,28H2,(H,29,32). The largest absolute Gasteiger partial charge is 0.449 e. The molecule has 3 aromatic carbocycles. The Morgan fingerprint density at radius 3 is 2.30 bits per heavy atom. The van der Waals surface area contributed by atoms with Crippen LogP contribution in [0.5, 0.6) is 0 Å². The Bertz CT molecular complexity index is 1060. The highest BCUT2D eigenvalue weighted by atomic mass is 16.5. The van der Waals surface area contributed by atoms with Crippen molar-refractivity contribution in [2.24, 2.45) is 5.73 Å². The summed E-state index contributed by atoms with van der Waals surface area (Å²) >= 11 is 0. The first kappa shape index (κ1) is 23.0. The number of aliphatic hydroxyl groups excluding tert-OH is 2. The second-order valence-electron chi connectivity index (χ2n) is 8.34. The molecule has 0 bridgehead atoms. The highest BCUT2D eigenvalue weighted by Gasteiger charge is 2.29. The van der Waals surface area contributed by atoms with Gasteiger partial charge in [0.25, 0.3) is 0 Å². The van der Waals surface area contributed by atoms with Gasteiger partial charge < -0.3 is 26.0 Å². The molecule has 2 atom stereocenters. The molecule has 0 fully saturated rings. The van der Waals surface area contributed by atoms with Crippen LogP contribution in [0, 0.1) is 0 Å². The van der Waals surface area contributed by atoms with Gasteiger partial charge in [0.2, 0.25) is 0 Å². The van der Waals surface area contributed by atoms with Gasteiger partial charge in [0, 0.05) is 12.5 Å². The average Bonchev–Trinajstić information content (AvgIpc) is 3.16. The number of benzene rings is 3. The van der Waals surface area contributed by atoms with E-state index in [1.54, 1.807) is 6.07 Å². The van der Waals surface area contributed by atoms with E-state index in [1.165, 1.54) is 11.1 Å². The lowest BCUT2D eigenvalue weighted by Gasteiger charge is -2.19. The van der Waals surface area contributed by atoms with E-state index in [9.17, 15) is 15.0 Å². The Morgan fingerprint density at radius 2 is 1.64 bits per heavy atom. The SMILES string of the molecule is NCCc1cccc(C(O)C(O)CCNC(=O)OCC2c3ccccc3-c3ccccc32)c1. The molecule has 33 heavy (non-hydrogen) atoms. The Morgan fingerprint density at radius 1 is 0.970 bits per heavy atom. The van der Waals surface area contributed by atoms with Crippen LogP contribution in [0.4, 0.5) is 4.79 Å². The van der Waals surface area contributed by atoms with Crippen molar-refractivity contribution in [2.75, 3.05) is 19.7 Å². The van der Waals surface area contributed by atoms with E-state index in [1.807, 2.05) is 42.5 Å². The Kier molecular flexibility index (Phi) is 7.40. The molecular formula is C27H30N2O4. The number of carbonyl (C=O) groups excluding carboxylic acids is 1. The van der Waals surface area contributed by atoms with Crippen LogP contribution < -0.4 is 11.1 Å². The molecule has 1 aliphatic carbocycles. The molecule has 4 rings (SSSR count). The number of hydrogen-bond donors (Lipinski definition) is 4. The topological polar surface area (TPSA) is 105 Å². The van der Waals surface area contributed by atoms with Gasteiger partial charge in [-0.15, -0.1) is 0 Å². The van der Waals surface area contributed by atoms with Crippen molar-refractivity contribution in [3.63, 3.8) is 0 Å². The quantitative estimate of drug-likeness (QED) is 0.403. The average molecular weight is 447 g/mol. The number of nitrogens with two attached hydrogens (primary N) is 1. The number of ether oxygens (including phenoxy) is 1. The molecule has 0 spiro atoms. The summed E-state index contributed by atoms with van der Waals surface area (Å²) in [6, 6.07) is 23.7. The van der Waals surface area contributed by atoms with Gasteiger partial charge in [0.15, 0.2) is 0 Å². The number of nitrogens with one attached hydrogen (secondary N) is 1. The van der Waals surface area contributed by atoms with E-state index >= 15 is 0 Å². The van der Waals surface area contributed by atoms with Crippen molar-refractivity contribution >= 4 is 6.09 Å². The van der Waals surface area contributed by atoms with E-state index in [-0.39, 0.29) is 25.5 Å². The second-order valence-corrected chi connectivity index (χ2v) is 8.34. The minimum Gasteiger partial charge on any atom is -0.449 e. The maximum atomic E-state index is 12.3. The number of rotatable bonds is 9. The highest BCUT2D eigenvalue weighted by Crippen LogP contribution is 2.44. The minimum absolute atomic E-state index is 0.00337. The molecule has 1 amide bonds. The lowest BCUT2D eigenvalue weighted by Crippen LogP contribution is -2.30. The molecule has 3 aromatic rings. The van der Waals surface area contributed by atoms with E-state index in [4.69, 9.17) is 10.5 Å². The van der Waals surface area contributed by atoms with E-state index in [0.29, 0.717) is 18.5 Å². The van der Waals surface area contributed by atoms with Gasteiger partial charge >= 0.3 is 6.09 Å². The molecule has 0 radical (unpaired) electrons. The summed E-state index contributed by atoms with van der Waals surface area (Å²) in [6.45, 7) is 0.947. The number of fused-ring (bicyclic) bond motifs is 3. The molecule has 0 heterocycles. The van der Waals surface area contributed by atoms with Crippen LogP contribution in [-0.4, -0.2) is 42.1 Å². The molecule has 5 N–H and O–H groups in total. The van der Waals surface area contributed by atoms with Crippen LogP contribution >= 0.6 is 0 Å². The summed E-state index contributed by atoms with van der Waals surface area (Å²) in [5, 5.41) is 23.5. The van der Waals surface area contributed by atoms with Crippen LogP contribution in [0.25, 0.3) is 11.1 Å². The lowest BCUT2D eigenvalue weighted by atomic mass is 9.98. The van der Waals surface area contributed by atoms with E-state index < -0.39 is 18.3 Å². The van der Waals surface area contributed by atoms with Gasteiger partial charge in [0.1, 0.15) is 12.7 Å². The molecule has 1 aliphatic rings. The van der Waals surface area contributed by atoms with Crippen molar-refractivity contribution < 1.29 is 19.7 Å². The predicted octanol–water partition coefficient (Wildman–Crippen LogP) is 3.51. The Balaban J connectivity index is 1.27. The van der Waals surface area contributed by atoms with E-state index in [2.05, 4.69) is 29.6 Å². The van der Waals surface area contributed by atoms with Crippen LogP contribution in [0.2, 0.25) is 0 Å². The summed E-state index contributed by atoms with van der Waals surface area (Å²) in [4.78, 5) is 12.3. The minimum atomic E-state index is -1.04. The third-order valence-electron chi connectivity index (χ3n) is 6.14. The summed E-state index contributed by atoms with van der Waals surface area (Å²) in [5.41, 5.74) is 11.9. The Labute approximate surface area is 194 Å². The van der Waals surface area contributed by atoms with Crippen molar-refractivity contribution in [2.45, 2.75) is 31.0 Å². The van der Waals surface area contributed by atoms with Crippen LogP contribution in [0.3, 0.4) is 0 Å². The molecule has 6 nitrogen and oxygen atoms in total. The number of aliphatic hydroxyl groups is 2. The fourth-order valence-corrected chi connectivity index (χ4v) is 4.45. The first-order chi connectivity index (χ1) is 16.1. The van der Waals surface area contributed by atoms with Crippen LogP contribution in [0.1, 0.15) is 40.7 Å². The summed E-state index contributed by atoms with van der Waals surface area (Å²) in [6.07, 6.45) is -1.67. The number of amides is 1. The molecule has 0 aromatic heterocycles. The summed E-state index contributed by atoms with van der Waals surface area (Å²) in [7, 11) is 0. The third kappa shape index (κ3) is 5.25. The maximum Gasteiger partial charge on any atom is 0.407 e.